The predicted octanol–water partition coefficient (Wildman–Crippen LogP) is 1.67. The molecule has 0 aromatic heterocycles. The van der Waals surface area contributed by atoms with Crippen molar-refractivity contribution in [1.29, 1.82) is 5.26 Å². The fourth-order valence-corrected chi connectivity index (χ4v) is 0. The third-order valence-corrected chi connectivity index (χ3v) is 0. The Morgan fingerprint density at radius 1 is 1.25 bits per heavy atom. The zero-order valence-electron chi connectivity index (χ0n) is 4.03. The molecule has 0 N–H and O–H groups in total. The molecule has 0 aromatic carbocycles. The van der Waals surface area contributed by atoms with Crippen LogP contribution in [-0.4, -0.2) is 0 Å². The van der Waals surface area contributed by atoms with Gasteiger partial charge in [-0.1, -0.05) is 0 Å². The Balaban J connectivity index is -0.00000000567. The Labute approximate surface area is 76.5 Å². The molecule has 0 amide bonds. The summed E-state index contributed by atoms with van der Waals surface area (Å²) in [6.07, 6.45) is 0. The van der Waals surface area contributed by atoms with Crippen LogP contribution in [0.25, 0.3) is 0 Å². The van der Waals surface area contributed by atoms with Crippen LogP contribution in [0, 0.1) is 11.3 Å². The van der Waals surface area contributed by atoms with E-state index in [4.69, 9.17) is 8.94 Å². The number of hydrogen-bond acceptors (Lipinski definition) is 2. The van der Waals surface area contributed by atoms with Gasteiger partial charge in [0.05, 0.1) is 6.07 Å². The molecule has 0 aliphatic carbocycles. The number of nitriles is 1. The molecule has 51 valence electrons. The summed E-state index contributed by atoms with van der Waals surface area (Å²) in [5.74, 6) is 0. The van der Waals surface area contributed by atoms with Crippen molar-refractivity contribution in [3.8, 4) is 6.07 Å². The van der Waals surface area contributed by atoms with E-state index in [1.807, 2.05) is 0 Å². The molecular formula is C2H6Cl3NOV. The van der Waals surface area contributed by atoms with Crippen LogP contribution >= 0.6 is 37.2 Å². The van der Waals surface area contributed by atoms with Gasteiger partial charge in [-0.15, -0.1) is 37.2 Å². The Kier molecular flexibility index (Phi) is 541. The first-order valence-electron chi connectivity index (χ1n) is 0.906. The summed E-state index contributed by atoms with van der Waals surface area (Å²) in [5, 5.41) is 7.32. The van der Waals surface area contributed by atoms with Crippen molar-refractivity contribution >= 4 is 37.2 Å². The minimum atomic E-state index is 0. The Morgan fingerprint density at radius 3 is 1.25 bits per heavy atom. The molecule has 0 aliphatic rings. The zero-order chi connectivity index (χ0) is 4.71. The standard InChI is InChI=1S/C2H3N.3ClH.O.V/c1-2-3;;;;;/h1H3;3*1H;;. The molecule has 0 atom stereocenters. The molecule has 0 radical (unpaired) electrons. The predicted molar refractivity (Wildman–Crippen MR) is 33.7 cm³/mol. The number of halogens is 3. The molecule has 2 nitrogen and oxygen atoms in total. The SMILES string of the molecule is CC#N.Cl.Cl.Cl.[O]=[V]. The molecule has 0 aromatic rings. The van der Waals surface area contributed by atoms with Crippen molar-refractivity contribution in [2.24, 2.45) is 0 Å². The van der Waals surface area contributed by atoms with Gasteiger partial charge in [0.25, 0.3) is 0 Å². The van der Waals surface area contributed by atoms with E-state index in [-0.39, 0.29) is 37.2 Å². The summed E-state index contributed by atoms with van der Waals surface area (Å²) in [5.41, 5.74) is 0. The summed E-state index contributed by atoms with van der Waals surface area (Å²) in [6.45, 7) is 1.43. The van der Waals surface area contributed by atoms with Crippen molar-refractivity contribution in [1.82, 2.24) is 0 Å². The van der Waals surface area contributed by atoms with Gasteiger partial charge < -0.3 is 0 Å². The Morgan fingerprint density at radius 2 is 1.25 bits per heavy atom. The van der Waals surface area contributed by atoms with Gasteiger partial charge in [-0.25, -0.2) is 0 Å². The zero-order valence-corrected chi connectivity index (χ0v) is 7.87. The second-order valence-corrected chi connectivity index (χ2v) is 0.224. The van der Waals surface area contributed by atoms with E-state index in [1.54, 1.807) is 6.07 Å². The Bertz CT molecular complexity index is 47.0. The molecule has 6 heteroatoms. The molecule has 0 heterocycles. The van der Waals surface area contributed by atoms with Crippen molar-refractivity contribution in [2.45, 2.75) is 6.92 Å². The quantitative estimate of drug-likeness (QED) is 0.619. The first kappa shape index (κ1) is 37.4. The second kappa shape index (κ2) is 116. The summed E-state index contributed by atoms with van der Waals surface area (Å²) in [4.78, 5) is 0. The van der Waals surface area contributed by atoms with Gasteiger partial charge in [-0.3, -0.25) is 0 Å². The third kappa shape index (κ3) is 402. The van der Waals surface area contributed by atoms with E-state index in [1.165, 1.54) is 6.92 Å². The fraction of sp³-hybridized carbons (Fsp3) is 0.500. The number of nitrogens with zero attached hydrogens (tertiary/aromatic N) is 1. The first-order chi connectivity index (χ1) is 2.41. The molecule has 8 heavy (non-hydrogen) atoms. The fourth-order valence-electron chi connectivity index (χ4n) is 0. The number of rotatable bonds is 0. The maximum atomic E-state index is 8.19. The topological polar surface area (TPSA) is 40.9 Å². The van der Waals surface area contributed by atoms with Gasteiger partial charge in [0.2, 0.25) is 0 Å². The molecule has 0 saturated carbocycles. The van der Waals surface area contributed by atoms with Gasteiger partial charge >= 0.3 is 21.0 Å². The van der Waals surface area contributed by atoms with E-state index in [0.717, 1.165) is 17.4 Å². The van der Waals surface area contributed by atoms with Crippen molar-refractivity contribution in [2.75, 3.05) is 0 Å². The normalized spacial score (nSPS) is 1.38. The summed E-state index contributed by atoms with van der Waals surface area (Å²) < 4.78 is 8.19. The average Bonchev–Trinajstić information content (AvgIpc) is 1.46. The number of hydrogen-bond donors (Lipinski definition) is 0. The van der Waals surface area contributed by atoms with E-state index in [9.17, 15) is 0 Å². The molecular weight excluding hydrogens is 211 g/mol. The minimum absolute atomic E-state index is 0. The van der Waals surface area contributed by atoms with Crippen molar-refractivity contribution in [3.63, 3.8) is 0 Å². The molecule has 0 saturated heterocycles. The van der Waals surface area contributed by atoms with Crippen LogP contribution in [-0.2, 0) is 21.0 Å². The molecule has 0 unspecified atom stereocenters. The van der Waals surface area contributed by atoms with Crippen LogP contribution in [0.1, 0.15) is 6.92 Å². The van der Waals surface area contributed by atoms with Crippen LogP contribution in [0.2, 0.25) is 0 Å². The van der Waals surface area contributed by atoms with Crippen LogP contribution in [0.4, 0.5) is 0 Å². The van der Waals surface area contributed by atoms with E-state index in [0.29, 0.717) is 0 Å². The van der Waals surface area contributed by atoms with Crippen LogP contribution in [0.5, 0.6) is 0 Å². The van der Waals surface area contributed by atoms with Gasteiger partial charge in [-0.2, -0.15) is 5.26 Å². The molecule has 0 bridgehead atoms. The molecule has 0 rings (SSSR count). The van der Waals surface area contributed by atoms with E-state index in [2.05, 4.69) is 0 Å². The average molecular weight is 217 g/mol. The van der Waals surface area contributed by atoms with Crippen molar-refractivity contribution < 1.29 is 21.0 Å². The first-order valence-corrected chi connectivity index (χ1v) is 1.48. The Hall–Kier alpha value is 0.744. The van der Waals surface area contributed by atoms with Gasteiger partial charge in [0.1, 0.15) is 0 Å². The third-order valence-electron chi connectivity index (χ3n) is 0. The summed E-state index contributed by atoms with van der Waals surface area (Å²) in [7, 11) is 0. The van der Waals surface area contributed by atoms with Crippen LogP contribution < -0.4 is 0 Å². The molecule has 0 aliphatic heterocycles. The molecule has 0 spiro atoms. The van der Waals surface area contributed by atoms with Gasteiger partial charge in [0, 0.05) is 6.92 Å². The van der Waals surface area contributed by atoms with Gasteiger partial charge in [0.15, 0.2) is 0 Å². The maximum absolute atomic E-state index is 8.19. The molecule has 0 fully saturated rings. The summed E-state index contributed by atoms with van der Waals surface area (Å²) in [6, 6.07) is 1.75. The monoisotopic (exact) mass is 216 g/mol. The van der Waals surface area contributed by atoms with Gasteiger partial charge in [-0.05, 0) is 0 Å². The second-order valence-electron chi connectivity index (χ2n) is 0.224. The van der Waals surface area contributed by atoms with Crippen molar-refractivity contribution in [3.05, 3.63) is 0 Å². The summed E-state index contributed by atoms with van der Waals surface area (Å²) >= 11 is 1.06. The van der Waals surface area contributed by atoms with E-state index >= 15 is 0 Å². The van der Waals surface area contributed by atoms with Crippen LogP contribution in [0.3, 0.4) is 0 Å². The van der Waals surface area contributed by atoms with E-state index < -0.39 is 0 Å². The van der Waals surface area contributed by atoms with Crippen LogP contribution in [0.15, 0.2) is 0 Å².